The van der Waals surface area contributed by atoms with Crippen LogP contribution in [0.4, 0.5) is 0 Å². The van der Waals surface area contributed by atoms with Crippen molar-refractivity contribution in [1.29, 1.82) is 0 Å². The predicted octanol–water partition coefficient (Wildman–Crippen LogP) is 3.51. The highest BCUT2D eigenvalue weighted by atomic mass is 16.1. The zero-order chi connectivity index (χ0) is 18.7. The quantitative estimate of drug-likeness (QED) is 0.779. The van der Waals surface area contributed by atoms with E-state index >= 15 is 0 Å². The van der Waals surface area contributed by atoms with E-state index in [2.05, 4.69) is 4.98 Å². The van der Waals surface area contributed by atoms with Gasteiger partial charge in [0.05, 0.1) is 5.84 Å². The molecule has 1 unspecified atom stereocenters. The Labute approximate surface area is 158 Å². The average molecular weight is 355 g/mol. The van der Waals surface area contributed by atoms with Gasteiger partial charge in [-0.2, -0.15) is 0 Å². The van der Waals surface area contributed by atoms with Crippen molar-refractivity contribution in [3.8, 4) is 0 Å². The Balaban J connectivity index is 1.80. The number of benzene rings is 2. The van der Waals surface area contributed by atoms with Crippen molar-refractivity contribution in [1.82, 2.24) is 4.98 Å². The summed E-state index contributed by atoms with van der Waals surface area (Å²) in [6, 6.07) is 25.1. The standard InChI is InChI=1S/C23H21N3O/c24-22-17(15-20-13-7-8-14-25-20)16-21(27)23(26-22,18-9-3-1-4-10-18)19-11-5-2-6-12-19/h1-14,17H,15-16H2,(H2,24,26). The Bertz CT molecular complexity index is 913. The number of hydrogen-bond acceptors (Lipinski definition) is 4. The molecule has 1 atom stereocenters. The molecule has 2 aromatic carbocycles. The molecular weight excluding hydrogens is 334 g/mol. The van der Waals surface area contributed by atoms with Crippen molar-refractivity contribution in [2.24, 2.45) is 16.6 Å². The molecule has 0 saturated heterocycles. The molecule has 0 aliphatic carbocycles. The lowest BCUT2D eigenvalue weighted by molar-refractivity contribution is -0.124. The summed E-state index contributed by atoms with van der Waals surface area (Å²) in [5.41, 5.74) is 7.95. The second-order valence-electron chi connectivity index (χ2n) is 6.83. The van der Waals surface area contributed by atoms with Crippen LogP contribution < -0.4 is 5.73 Å². The van der Waals surface area contributed by atoms with Crippen molar-refractivity contribution in [3.05, 3.63) is 102 Å². The Kier molecular flexibility index (Phi) is 4.55. The summed E-state index contributed by atoms with van der Waals surface area (Å²) >= 11 is 0. The molecule has 2 heterocycles. The summed E-state index contributed by atoms with van der Waals surface area (Å²) in [5.74, 6) is 0.441. The number of nitrogens with zero attached hydrogens (tertiary/aromatic N) is 2. The number of carbonyl (C=O) groups is 1. The SMILES string of the molecule is NC1=NC(c2ccccc2)(c2ccccc2)C(=O)CC1Cc1ccccn1. The largest absolute Gasteiger partial charge is 0.387 e. The predicted molar refractivity (Wildman–Crippen MR) is 106 cm³/mol. The maximum absolute atomic E-state index is 13.5. The lowest BCUT2D eigenvalue weighted by atomic mass is 9.74. The number of nitrogens with two attached hydrogens (primary N) is 1. The summed E-state index contributed by atoms with van der Waals surface area (Å²) in [7, 11) is 0. The van der Waals surface area contributed by atoms with Crippen LogP contribution in [-0.4, -0.2) is 16.6 Å². The molecule has 4 heteroatoms. The van der Waals surface area contributed by atoms with Gasteiger partial charge in [-0.05, 0) is 29.7 Å². The molecule has 3 aromatic rings. The van der Waals surface area contributed by atoms with Crippen LogP contribution in [0.3, 0.4) is 0 Å². The van der Waals surface area contributed by atoms with Gasteiger partial charge in [0.15, 0.2) is 11.3 Å². The van der Waals surface area contributed by atoms with E-state index < -0.39 is 5.54 Å². The molecule has 134 valence electrons. The van der Waals surface area contributed by atoms with E-state index in [4.69, 9.17) is 10.7 Å². The first-order valence-corrected chi connectivity index (χ1v) is 9.09. The number of hydrogen-bond donors (Lipinski definition) is 1. The van der Waals surface area contributed by atoms with E-state index in [9.17, 15) is 4.79 Å². The lowest BCUT2D eigenvalue weighted by Gasteiger charge is -2.36. The fourth-order valence-corrected chi connectivity index (χ4v) is 3.75. The minimum Gasteiger partial charge on any atom is -0.387 e. The highest BCUT2D eigenvalue weighted by Crippen LogP contribution is 2.40. The fourth-order valence-electron chi connectivity index (χ4n) is 3.75. The van der Waals surface area contributed by atoms with Crippen LogP contribution in [0.15, 0.2) is 90.1 Å². The van der Waals surface area contributed by atoms with Gasteiger partial charge in [-0.15, -0.1) is 0 Å². The second-order valence-corrected chi connectivity index (χ2v) is 6.83. The third-order valence-corrected chi connectivity index (χ3v) is 5.12. The molecule has 0 saturated carbocycles. The smallest absolute Gasteiger partial charge is 0.171 e. The van der Waals surface area contributed by atoms with Gasteiger partial charge in [0, 0.05) is 24.2 Å². The van der Waals surface area contributed by atoms with Gasteiger partial charge < -0.3 is 5.73 Å². The van der Waals surface area contributed by atoms with Gasteiger partial charge >= 0.3 is 0 Å². The van der Waals surface area contributed by atoms with Crippen LogP contribution in [0.1, 0.15) is 23.2 Å². The number of amidine groups is 1. The first-order valence-electron chi connectivity index (χ1n) is 9.09. The van der Waals surface area contributed by atoms with E-state index in [0.717, 1.165) is 16.8 Å². The van der Waals surface area contributed by atoms with Crippen LogP contribution >= 0.6 is 0 Å². The molecule has 4 nitrogen and oxygen atoms in total. The molecule has 0 fully saturated rings. The molecule has 27 heavy (non-hydrogen) atoms. The molecule has 1 aliphatic heterocycles. The Morgan fingerprint density at radius 1 is 0.889 bits per heavy atom. The van der Waals surface area contributed by atoms with E-state index in [1.807, 2.05) is 78.9 Å². The van der Waals surface area contributed by atoms with Gasteiger partial charge in [-0.1, -0.05) is 66.7 Å². The minimum atomic E-state index is -1.08. The number of ketones is 1. The van der Waals surface area contributed by atoms with Gasteiger partial charge in [0.2, 0.25) is 0 Å². The number of Topliss-reactive ketones (excluding diaryl/α,β-unsaturated/α-hetero) is 1. The highest BCUT2D eigenvalue weighted by molar-refractivity contribution is 6.02. The van der Waals surface area contributed by atoms with E-state index in [0.29, 0.717) is 18.7 Å². The van der Waals surface area contributed by atoms with Gasteiger partial charge in [0.25, 0.3) is 0 Å². The molecule has 0 radical (unpaired) electrons. The van der Waals surface area contributed by atoms with Crippen molar-refractivity contribution in [3.63, 3.8) is 0 Å². The Morgan fingerprint density at radius 3 is 2.04 bits per heavy atom. The third-order valence-electron chi connectivity index (χ3n) is 5.12. The number of aromatic nitrogens is 1. The van der Waals surface area contributed by atoms with Gasteiger partial charge in [0.1, 0.15) is 0 Å². The van der Waals surface area contributed by atoms with Crippen LogP contribution in [0.2, 0.25) is 0 Å². The Morgan fingerprint density at radius 2 is 1.48 bits per heavy atom. The van der Waals surface area contributed by atoms with Crippen LogP contribution in [0.25, 0.3) is 0 Å². The average Bonchev–Trinajstić information content (AvgIpc) is 2.72. The maximum atomic E-state index is 13.5. The van der Waals surface area contributed by atoms with Crippen molar-refractivity contribution < 1.29 is 4.79 Å². The fraction of sp³-hybridized carbons (Fsp3) is 0.174. The van der Waals surface area contributed by atoms with E-state index in [1.165, 1.54) is 0 Å². The second kappa shape index (κ2) is 7.16. The van der Waals surface area contributed by atoms with Gasteiger partial charge in [-0.3, -0.25) is 9.78 Å². The van der Waals surface area contributed by atoms with Crippen molar-refractivity contribution in [2.75, 3.05) is 0 Å². The summed E-state index contributed by atoms with van der Waals surface area (Å²) in [4.78, 5) is 22.7. The lowest BCUT2D eigenvalue weighted by Crippen LogP contribution is -2.46. The molecular formula is C23H21N3O. The number of pyridine rings is 1. The summed E-state index contributed by atoms with van der Waals surface area (Å²) < 4.78 is 0. The first kappa shape index (κ1) is 17.2. The Hall–Kier alpha value is -3.27. The number of rotatable bonds is 4. The normalized spacial score (nSPS) is 18.7. The highest BCUT2D eigenvalue weighted by Gasteiger charge is 2.46. The summed E-state index contributed by atoms with van der Waals surface area (Å²) in [6.45, 7) is 0. The topological polar surface area (TPSA) is 68.3 Å². The summed E-state index contributed by atoms with van der Waals surface area (Å²) in [6.07, 6.45) is 2.71. The van der Waals surface area contributed by atoms with Crippen LogP contribution in [-0.2, 0) is 16.8 Å². The molecule has 1 aromatic heterocycles. The van der Waals surface area contributed by atoms with E-state index in [1.54, 1.807) is 6.20 Å². The zero-order valence-electron chi connectivity index (χ0n) is 15.0. The monoisotopic (exact) mass is 355 g/mol. The third kappa shape index (κ3) is 3.14. The maximum Gasteiger partial charge on any atom is 0.171 e. The minimum absolute atomic E-state index is 0.0648. The molecule has 0 spiro atoms. The van der Waals surface area contributed by atoms with Gasteiger partial charge in [-0.25, -0.2) is 4.99 Å². The van der Waals surface area contributed by atoms with Crippen molar-refractivity contribution in [2.45, 2.75) is 18.4 Å². The molecule has 1 aliphatic rings. The first-order chi connectivity index (χ1) is 13.2. The van der Waals surface area contributed by atoms with Crippen LogP contribution in [0, 0.1) is 5.92 Å². The molecule has 2 N–H and O–H groups in total. The van der Waals surface area contributed by atoms with Crippen molar-refractivity contribution >= 4 is 11.6 Å². The number of carbonyl (C=O) groups excluding carboxylic acids is 1. The van der Waals surface area contributed by atoms with E-state index in [-0.39, 0.29) is 11.7 Å². The molecule has 0 amide bonds. The summed E-state index contributed by atoms with van der Waals surface area (Å²) in [5, 5.41) is 0. The molecule has 0 bridgehead atoms. The van der Waals surface area contributed by atoms with Crippen LogP contribution in [0.5, 0.6) is 0 Å². The number of aliphatic imine (C=N–C) groups is 1. The zero-order valence-corrected chi connectivity index (χ0v) is 15.0. The molecule has 4 rings (SSSR count).